The van der Waals surface area contributed by atoms with Crippen molar-refractivity contribution in [3.8, 4) is 12.3 Å². The summed E-state index contributed by atoms with van der Waals surface area (Å²) in [5.74, 6) is 3.34. The average Bonchev–Trinajstić information content (AvgIpc) is 3.57. The highest BCUT2D eigenvalue weighted by Gasteiger charge is 2.34. The highest BCUT2D eigenvalue weighted by Crippen LogP contribution is 2.29. The van der Waals surface area contributed by atoms with E-state index >= 15 is 0 Å². The first-order valence-corrected chi connectivity index (χ1v) is 18.2. The van der Waals surface area contributed by atoms with Crippen LogP contribution in [-0.2, 0) is 20.8 Å². The van der Waals surface area contributed by atoms with Gasteiger partial charge in [-0.2, -0.15) is 0 Å². The van der Waals surface area contributed by atoms with Gasteiger partial charge < -0.3 is 25.7 Å². The Morgan fingerprint density at radius 1 is 1.09 bits per heavy atom. The molecule has 1 saturated heterocycles. The zero-order valence-corrected chi connectivity index (χ0v) is 28.9. The zero-order valence-electron chi connectivity index (χ0n) is 28.0. The predicted molar refractivity (Wildman–Crippen MR) is 185 cm³/mol. The Labute approximate surface area is 280 Å². The number of benzene rings is 1. The number of nitrogens with one attached hydrogen (secondary N) is 2. The van der Waals surface area contributed by atoms with E-state index in [9.17, 15) is 24.6 Å². The van der Waals surface area contributed by atoms with E-state index in [4.69, 9.17) is 6.42 Å². The highest BCUT2D eigenvalue weighted by atomic mass is 32.2. The van der Waals surface area contributed by atoms with E-state index in [2.05, 4.69) is 21.5 Å². The van der Waals surface area contributed by atoms with Crippen LogP contribution < -0.4 is 10.6 Å². The molecule has 2 aliphatic rings. The fraction of sp³-hybridized carbons (Fsp3) is 0.694. The minimum absolute atomic E-state index is 0.000778. The smallest absolute Gasteiger partial charge is 0.243 e. The Hall–Kier alpha value is -2.58. The molecular formula is C36H56N4O5S. The number of thioether (sulfide) groups is 1. The molecule has 1 aromatic carbocycles. The minimum Gasteiger partial charge on any atom is -0.390 e. The molecule has 5 atom stereocenters. The van der Waals surface area contributed by atoms with Crippen molar-refractivity contribution in [1.29, 1.82) is 0 Å². The summed E-state index contributed by atoms with van der Waals surface area (Å²) in [6, 6.07) is 7.82. The molecule has 1 saturated carbocycles. The fourth-order valence-corrected chi connectivity index (χ4v) is 7.46. The molecule has 1 heterocycles. The highest BCUT2D eigenvalue weighted by molar-refractivity contribution is 7.99. The van der Waals surface area contributed by atoms with Gasteiger partial charge in [-0.3, -0.25) is 19.3 Å². The standard InChI is InChI=1S/C36H56N4O5S/c1-5-12-30(36(45)38-31(23-28-15-10-7-11-16-28)34(43)32(41)21-26(2)3)37-35(44)29(22-27-13-8-6-9-14-27)24-33(42)39(4)17-18-40-19-20-46-25-40/h1,6,8-9,13-14,26,28-32,34,41,43H,7,10-12,15-25H2,2-4H3,(H,37,44)(H,38,45)/t29-,30+,31+,32+,34-/m1/s1. The van der Waals surface area contributed by atoms with Crippen LogP contribution in [0.15, 0.2) is 30.3 Å². The van der Waals surface area contributed by atoms with Gasteiger partial charge in [-0.25, -0.2) is 0 Å². The van der Waals surface area contributed by atoms with Gasteiger partial charge in [0, 0.05) is 51.2 Å². The summed E-state index contributed by atoms with van der Waals surface area (Å²) >= 11 is 1.88. The van der Waals surface area contributed by atoms with Gasteiger partial charge in [0.05, 0.1) is 18.1 Å². The van der Waals surface area contributed by atoms with Crippen molar-refractivity contribution >= 4 is 29.5 Å². The van der Waals surface area contributed by atoms with Gasteiger partial charge in [0.15, 0.2) is 0 Å². The third-order valence-corrected chi connectivity index (χ3v) is 10.3. The van der Waals surface area contributed by atoms with Gasteiger partial charge in [0.2, 0.25) is 17.7 Å². The Bertz CT molecular complexity index is 1120. The molecule has 0 bridgehead atoms. The molecule has 2 fully saturated rings. The number of rotatable bonds is 18. The van der Waals surface area contributed by atoms with Crippen LogP contribution in [-0.4, -0.2) is 100 Å². The molecule has 256 valence electrons. The maximum Gasteiger partial charge on any atom is 0.243 e. The molecule has 0 spiro atoms. The summed E-state index contributed by atoms with van der Waals surface area (Å²) in [6.07, 6.45) is 10.2. The number of terminal acetylenes is 1. The quantitative estimate of drug-likeness (QED) is 0.179. The Morgan fingerprint density at radius 2 is 1.80 bits per heavy atom. The van der Waals surface area contributed by atoms with E-state index in [1.165, 1.54) is 6.42 Å². The molecule has 1 aromatic rings. The maximum absolute atomic E-state index is 13.8. The number of nitrogens with zero attached hydrogens (tertiary/aromatic N) is 2. The summed E-state index contributed by atoms with van der Waals surface area (Å²) in [7, 11) is 1.77. The lowest BCUT2D eigenvalue weighted by Crippen LogP contribution is -2.56. The van der Waals surface area contributed by atoms with E-state index in [1.54, 1.807) is 11.9 Å². The molecule has 1 aliphatic carbocycles. The second-order valence-corrected chi connectivity index (χ2v) is 14.6. The first kappa shape index (κ1) is 37.9. The average molecular weight is 657 g/mol. The molecule has 9 nitrogen and oxygen atoms in total. The van der Waals surface area contributed by atoms with Crippen molar-refractivity contribution in [2.45, 2.75) is 102 Å². The maximum atomic E-state index is 13.8. The van der Waals surface area contributed by atoms with E-state index in [0.29, 0.717) is 31.7 Å². The van der Waals surface area contributed by atoms with Gasteiger partial charge >= 0.3 is 0 Å². The van der Waals surface area contributed by atoms with Gasteiger partial charge in [0.25, 0.3) is 0 Å². The first-order valence-electron chi connectivity index (χ1n) is 17.1. The summed E-state index contributed by atoms with van der Waals surface area (Å²) < 4.78 is 0. The Balaban J connectivity index is 1.72. The summed E-state index contributed by atoms with van der Waals surface area (Å²) in [5.41, 5.74) is 0.917. The zero-order chi connectivity index (χ0) is 33.5. The summed E-state index contributed by atoms with van der Waals surface area (Å²) in [4.78, 5) is 44.8. The molecule has 46 heavy (non-hydrogen) atoms. The van der Waals surface area contributed by atoms with Crippen LogP contribution in [0.3, 0.4) is 0 Å². The lowest BCUT2D eigenvalue weighted by molar-refractivity contribution is -0.137. The van der Waals surface area contributed by atoms with Crippen LogP contribution in [0.25, 0.3) is 0 Å². The van der Waals surface area contributed by atoms with E-state index in [1.807, 2.05) is 55.9 Å². The van der Waals surface area contributed by atoms with Crippen LogP contribution in [0.1, 0.15) is 77.2 Å². The van der Waals surface area contributed by atoms with Crippen LogP contribution in [0.4, 0.5) is 0 Å². The van der Waals surface area contributed by atoms with Gasteiger partial charge in [-0.05, 0) is 36.7 Å². The number of carbonyl (C=O) groups excluding carboxylic acids is 3. The van der Waals surface area contributed by atoms with Crippen molar-refractivity contribution in [3.63, 3.8) is 0 Å². The lowest BCUT2D eigenvalue weighted by Gasteiger charge is -2.33. The molecule has 3 rings (SSSR count). The molecule has 1 aliphatic heterocycles. The third-order valence-electron chi connectivity index (χ3n) is 9.23. The normalized spacial score (nSPS) is 19.1. The summed E-state index contributed by atoms with van der Waals surface area (Å²) in [6.45, 7) is 6.33. The van der Waals surface area contributed by atoms with Gasteiger partial charge in [0.1, 0.15) is 12.1 Å². The Morgan fingerprint density at radius 3 is 2.43 bits per heavy atom. The second-order valence-electron chi connectivity index (χ2n) is 13.6. The lowest BCUT2D eigenvalue weighted by atomic mass is 9.82. The SMILES string of the molecule is C#CC[C@H](NC(=O)[C@@H](CC(=O)N(C)CCN1CCSC1)Cc1ccccc1)C(=O)N[C@@H](CC1CCCCC1)[C@@H](O)[C@@H](O)CC(C)C. The first-order chi connectivity index (χ1) is 22.1. The number of amides is 3. The van der Waals surface area contributed by atoms with E-state index in [-0.39, 0.29) is 24.7 Å². The van der Waals surface area contributed by atoms with Crippen LogP contribution in [0.5, 0.6) is 0 Å². The summed E-state index contributed by atoms with van der Waals surface area (Å²) in [5, 5.41) is 27.8. The van der Waals surface area contributed by atoms with Crippen molar-refractivity contribution in [2.24, 2.45) is 17.8 Å². The monoisotopic (exact) mass is 656 g/mol. The van der Waals surface area contributed by atoms with Crippen LogP contribution in [0, 0.1) is 30.1 Å². The molecule has 3 amide bonds. The van der Waals surface area contributed by atoms with E-state index in [0.717, 1.165) is 56.0 Å². The number of carbonyl (C=O) groups is 3. The molecule has 0 aromatic heterocycles. The number of hydrogen-bond acceptors (Lipinski definition) is 7. The second kappa shape index (κ2) is 19.9. The van der Waals surface area contributed by atoms with Crippen molar-refractivity contribution < 1.29 is 24.6 Å². The van der Waals surface area contributed by atoms with Gasteiger partial charge in [-0.1, -0.05) is 76.3 Å². The van der Waals surface area contributed by atoms with Crippen molar-refractivity contribution in [2.75, 3.05) is 38.3 Å². The predicted octanol–water partition coefficient (Wildman–Crippen LogP) is 3.43. The molecule has 10 heteroatoms. The molecule has 4 N–H and O–H groups in total. The van der Waals surface area contributed by atoms with Crippen molar-refractivity contribution in [1.82, 2.24) is 20.4 Å². The number of aliphatic hydroxyl groups is 2. The van der Waals surface area contributed by atoms with Crippen molar-refractivity contribution in [3.05, 3.63) is 35.9 Å². The number of aliphatic hydroxyl groups excluding tert-OH is 2. The minimum atomic E-state index is -1.14. The molecular weight excluding hydrogens is 600 g/mol. The van der Waals surface area contributed by atoms with Crippen LogP contribution in [0.2, 0.25) is 0 Å². The fourth-order valence-electron chi connectivity index (χ4n) is 6.42. The Kier molecular flexibility index (Phi) is 16.4. The molecule has 0 radical (unpaired) electrons. The van der Waals surface area contributed by atoms with Crippen LogP contribution >= 0.6 is 11.8 Å². The number of hydrogen-bond donors (Lipinski definition) is 4. The van der Waals surface area contributed by atoms with E-state index < -0.39 is 42.0 Å². The topological polar surface area (TPSA) is 122 Å². The third kappa shape index (κ3) is 12.9. The number of likely N-dealkylation sites (N-methyl/N-ethyl adjacent to an activating group) is 1. The van der Waals surface area contributed by atoms with Gasteiger partial charge in [-0.15, -0.1) is 24.1 Å². The largest absolute Gasteiger partial charge is 0.390 e. The molecule has 0 unspecified atom stereocenters.